The van der Waals surface area contributed by atoms with Crippen LogP contribution in [0.3, 0.4) is 0 Å². The van der Waals surface area contributed by atoms with E-state index in [1.165, 1.54) is 7.11 Å². The van der Waals surface area contributed by atoms with Crippen LogP contribution in [0.1, 0.15) is 10.4 Å². The number of nitrogens with zero attached hydrogens (tertiary/aromatic N) is 2. The number of aromatic amines is 1. The summed E-state index contributed by atoms with van der Waals surface area (Å²) in [5.41, 5.74) is 10.5. The second kappa shape index (κ2) is 8.47. The summed E-state index contributed by atoms with van der Waals surface area (Å²) in [5.74, 6) is 1.48. The lowest BCUT2D eigenvalue weighted by atomic mass is 10.0. The molecule has 0 saturated heterocycles. The van der Waals surface area contributed by atoms with E-state index in [4.69, 9.17) is 20.2 Å². The van der Waals surface area contributed by atoms with E-state index < -0.39 is 0 Å². The number of pyridine rings is 1. The molecule has 0 radical (unpaired) electrons. The van der Waals surface area contributed by atoms with Crippen molar-refractivity contribution in [1.29, 1.82) is 0 Å². The van der Waals surface area contributed by atoms with E-state index in [2.05, 4.69) is 10.2 Å². The number of methoxy groups -OCH3 is 1. The number of anilines is 1. The molecule has 3 N–H and O–H groups in total. The summed E-state index contributed by atoms with van der Waals surface area (Å²) >= 11 is 0. The van der Waals surface area contributed by atoms with Crippen molar-refractivity contribution in [2.24, 2.45) is 0 Å². The second-order valence-corrected chi connectivity index (χ2v) is 7.40. The quantitative estimate of drug-likeness (QED) is 0.355. The third-order valence-electron chi connectivity index (χ3n) is 5.28. The smallest absolute Gasteiger partial charge is 0.337 e. The van der Waals surface area contributed by atoms with Gasteiger partial charge in [-0.3, -0.25) is 5.10 Å². The van der Waals surface area contributed by atoms with Crippen molar-refractivity contribution < 1.29 is 14.3 Å². The van der Waals surface area contributed by atoms with E-state index in [9.17, 15) is 4.79 Å². The van der Waals surface area contributed by atoms with Gasteiger partial charge in [0.2, 0.25) is 0 Å². The number of esters is 1. The van der Waals surface area contributed by atoms with Crippen LogP contribution in [0.5, 0.6) is 11.5 Å². The Kier molecular flexibility index (Phi) is 5.20. The first-order valence-electron chi connectivity index (χ1n) is 10.3. The molecule has 3 aromatic carbocycles. The summed E-state index contributed by atoms with van der Waals surface area (Å²) in [6.07, 6.45) is 0. The van der Waals surface area contributed by atoms with Crippen molar-refractivity contribution in [3.8, 4) is 34.0 Å². The summed E-state index contributed by atoms with van der Waals surface area (Å²) in [5, 5.41) is 7.89. The van der Waals surface area contributed by atoms with Crippen LogP contribution in [-0.2, 0) is 4.74 Å². The predicted octanol–water partition coefficient (Wildman–Crippen LogP) is 5.45. The van der Waals surface area contributed by atoms with Crippen LogP contribution >= 0.6 is 0 Å². The van der Waals surface area contributed by atoms with Crippen LogP contribution in [0.2, 0.25) is 0 Å². The first kappa shape index (κ1) is 20.3. The zero-order chi connectivity index (χ0) is 22.8. The summed E-state index contributed by atoms with van der Waals surface area (Å²) in [6, 6.07) is 26.3. The number of aromatic nitrogens is 3. The van der Waals surface area contributed by atoms with E-state index in [0.29, 0.717) is 17.1 Å². The molecular formula is C26H20N4O3. The Bertz CT molecular complexity index is 1430. The highest BCUT2D eigenvalue weighted by atomic mass is 16.5. The van der Waals surface area contributed by atoms with Crippen LogP contribution in [0, 0.1) is 0 Å². The van der Waals surface area contributed by atoms with Gasteiger partial charge >= 0.3 is 5.97 Å². The zero-order valence-electron chi connectivity index (χ0n) is 17.8. The molecule has 0 aliphatic heterocycles. The van der Waals surface area contributed by atoms with Gasteiger partial charge in [0.25, 0.3) is 0 Å². The van der Waals surface area contributed by atoms with E-state index in [1.54, 1.807) is 12.1 Å². The van der Waals surface area contributed by atoms with Gasteiger partial charge in [0, 0.05) is 11.1 Å². The minimum absolute atomic E-state index is 0.379. The minimum Gasteiger partial charge on any atom is -0.465 e. The first-order valence-corrected chi connectivity index (χ1v) is 10.3. The maximum atomic E-state index is 11.7. The van der Waals surface area contributed by atoms with Gasteiger partial charge in [0.15, 0.2) is 5.82 Å². The number of benzene rings is 3. The van der Waals surface area contributed by atoms with E-state index >= 15 is 0 Å². The van der Waals surface area contributed by atoms with Gasteiger partial charge in [-0.15, -0.1) is 0 Å². The second-order valence-electron chi connectivity index (χ2n) is 7.40. The summed E-state index contributed by atoms with van der Waals surface area (Å²) in [6.45, 7) is 0. The lowest BCUT2D eigenvalue weighted by Gasteiger charge is -2.10. The van der Waals surface area contributed by atoms with Crippen LogP contribution in [-0.4, -0.2) is 28.3 Å². The molecule has 2 heterocycles. The number of hydrogen-bond donors (Lipinski definition) is 2. The first-order chi connectivity index (χ1) is 16.1. The number of ether oxygens (including phenoxy) is 2. The molecule has 5 aromatic rings. The van der Waals surface area contributed by atoms with Gasteiger partial charge < -0.3 is 15.2 Å². The SMILES string of the molecule is COC(=O)c1ccc(-c2cc3[nH]nc(N)c3c(-c3ccc(Oc4ccccc4)cc3)n2)cc1. The maximum Gasteiger partial charge on any atom is 0.337 e. The number of H-pyrrole nitrogens is 1. The van der Waals surface area contributed by atoms with Gasteiger partial charge in [0.05, 0.1) is 35.0 Å². The number of nitrogens with one attached hydrogen (secondary N) is 1. The average molecular weight is 436 g/mol. The van der Waals surface area contributed by atoms with Crippen molar-refractivity contribution >= 4 is 22.7 Å². The normalized spacial score (nSPS) is 10.8. The largest absolute Gasteiger partial charge is 0.465 e. The number of fused-ring (bicyclic) bond motifs is 1. The third-order valence-corrected chi connectivity index (χ3v) is 5.28. The molecule has 5 rings (SSSR count). The summed E-state index contributed by atoms with van der Waals surface area (Å²) in [7, 11) is 1.36. The Balaban J connectivity index is 1.53. The molecule has 162 valence electrons. The Hall–Kier alpha value is -4.65. The Morgan fingerprint density at radius 3 is 2.24 bits per heavy atom. The summed E-state index contributed by atoms with van der Waals surface area (Å²) < 4.78 is 10.7. The number of nitrogens with two attached hydrogens (primary N) is 1. The lowest BCUT2D eigenvalue weighted by Crippen LogP contribution is -2.00. The van der Waals surface area contributed by atoms with Crippen molar-refractivity contribution in [2.45, 2.75) is 0 Å². The van der Waals surface area contributed by atoms with Crippen LogP contribution < -0.4 is 10.5 Å². The average Bonchev–Trinajstić information content (AvgIpc) is 3.25. The highest BCUT2D eigenvalue weighted by molar-refractivity contribution is 6.01. The monoisotopic (exact) mass is 436 g/mol. The molecule has 0 atom stereocenters. The van der Waals surface area contributed by atoms with Crippen molar-refractivity contribution in [3.05, 3.63) is 90.5 Å². The van der Waals surface area contributed by atoms with Crippen LogP contribution in [0.15, 0.2) is 84.9 Å². The molecule has 0 fully saturated rings. The fourth-order valence-electron chi connectivity index (χ4n) is 3.63. The molecule has 0 aliphatic carbocycles. The number of carbonyl (C=O) groups is 1. The van der Waals surface area contributed by atoms with Crippen molar-refractivity contribution in [1.82, 2.24) is 15.2 Å². The fraction of sp³-hybridized carbons (Fsp3) is 0.0385. The number of nitrogen functional groups attached to an aromatic ring is 1. The van der Waals surface area contributed by atoms with Gasteiger partial charge in [-0.25, -0.2) is 9.78 Å². The Labute approximate surface area is 189 Å². The highest BCUT2D eigenvalue weighted by Crippen LogP contribution is 2.34. The molecule has 0 unspecified atom stereocenters. The fourth-order valence-corrected chi connectivity index (χ4v) is 3.63. The predicted molar refractivity (Wildman–Crippen MR) is 127 cm³/mol. The molecule has 7 heteroatoms. The number of rotatable bonds is 5. The lowest BCUT2D eigenvalue weighted by molar-refractivity contribution is 0.0600. The zero-order valence-corrected chi connectivity index (χ0v) is 17.8. The van der Waals surface area contributed by atoms with Gasteiger partial charge in [0.1, 0.15) is 11.5 Å². The third kappa shape index (κ3) is 3.99. The molecule has 33 heavy (non-hydrogen) atoms. The Morgan fingerprint density at radius 2 is 1.55 bits per heavy atom. The van der Waals surface area contributed by atoms with E-state index in [0.717, 1.165) is 39.2 Å². The van der Waals surface area contributed by atoms with Crippen LogP contribution in [0.25, 0.3) is 33.4 Å². The number of para-hydroxylation sites is 1. The highest BCUT2D eigenvalue weighted by Gasteiger charge is 2.15. The van der Waals surface area contributed by atoms with Crippen molar-refractivity contribution in [3.63, 3.8) is 0 Å². The molecule has 0 amide bonds. The Morgan fingerprint density at radius 1 is 0.879 bits per heavy atom. The molecule has 0 aliphatic rings. The number of hydrogen-bond acceptors (Lipinski definition) is 6. The van der Waals surface area contributed by atoms with E-state index in [1.807, 2.05) is 72.8 Å². The standard InChI is InChI=1S/C26H20N4O3/c1-32-26(31)18-9-7-16(8-10-18)21-15-22-23(25(27)30-29-22)24(28-21)17-11-13-20(14-12-17)33-19-5-3-2-4-6-19/h2-15H,1H3,(H3,27,29,30). The molecule has 7 nitrogen and oxygen atoms in total. The minimum atomic E-state index is -0.384. The van der Waals surface area contributed by atoms with Gasteiger partial charge in [-0.05, 0) is 54.6 Å². The number of carbonyl (C=O) groups excluding carboxylic acids is 1. The topological polar surface area (TPSA) is 103 Å². The van der Waals surface area contributed by atoms with Crippen LogP contribution in [0.4, 0.5) is 5.82 Å². The van der Waals surface area contributed by atoms with E-state index in [-0.39, 0.29) is 5.97 Å². The van der Waals surface area contributed by atoms with Gasteiger partial charge in [-0.1, -0.05) is 30.3 Å². The molecule has 0 bridgehead atoms. The maximum absolute atomic E-state index is 11.7. The van der Waals surface area contributed by atoms with Crippen molar-refractivity contribution in [2.75, 3.05) is 12.8 Å². The summed E-state index contributed by atoms with van der Waals surface area (Å²) in [4.78, 5) is 16.6. The van der Waals surface area contributed by atoms with Gasteiger partial charge in [-0.2, -0.15) is 5.10 Å². The molecule has 2 aromatic heterocycles. The molecule has 0 spiro atoms. The molecular weight excluding hydrogens is 416 g/mol. The molecule has 0 saturated carbocycles.